The van der Waals surface area contributed by atoms with Gasteiger partial charge in [0.1, 0.15) is 42.3 Å². The van der Waals surface area contributed by atoms with Gasteiger partial charge in [0.15, 0.2) is 5.96 Å². The van der Waals surface area contributed by atoms with Crippen LogP contribution in [0.1, 0.15) is 32.3 Å². The molecule has 0 heterocycles. The lowest BCUT2D eigenvalue weighted by Crippen LogP contribution is -2.62. The summed E-state index contributed by atoms with van der Waals surface area (Å²) in [6, 6.07) is -2.92. The van der Waals surface area contributed by atoms with E-state index in [0.717, 1.165) is 12.5 Å². The van der Waals surface area contributed by atoms with Gasteiger partial charge in [-0.1, -0.05) is 30.3 Å². The van der Waals surface area contributed by atoms with Crippen molar-refractivity contribution in [1.29, 1.82) is 0 Å². The monoisotopic (exact) mass is 873 g/mol. The summed E-state index contributed by atoms with van der Waals surface area (Å²) in [7, 11) is 0. The van der Waals surface area contributed by atoms with Crippen molar-refractivity contribution in [3.05, 3.63) is 35.9 Å². The molecule has 1 rings (SSSR count). The third kappa shape index (κ3) is 18.5. The zero-order valence-corrected chi connectivity index (χ0v) is 34.2. The van der Waals surface area contributed by atoms with Gasteiger partial charge in [-0.05, 0) is 38.7 Å². The van der Waals surface area contributed by atoms with Crippen LogP contribution in [0.4, 0.5) is 0 Å². The highest BCUT2D eigenvalue weighted by molar-refractivity contribution is 7.80. The number of guanidine groups is 1. The van der Waals surface area contributed by atoms with E-state index in [1.807, 2.05) is 0 Å². The smallest absolute Gasteiger partial charge is 0.327 e. The van der Waals surface area contributed by atoms with Crippen LogP contribution in [0.25, 0.3) is 0 Å². The maximum Gasteiger partial charge on any atom is 0.327 e. The molecule has 1 aromatic rings. The normalized spacial score (nSPS) is 15.5. The van der Waals surface area contributed by atoms with Crippen LogP contribution >= 0.6 is 25.3 Å². The lowest BCUT2D eigenvalue weighted by molar-refractivity contribution is -0.141. The SMILES string of the molecule is C[C@H](NC(=O)[C@H](CO)NC(=O)[C@H](CS)NC(=O)[C@H](CO)NC(=O)[C@@H](NC(=O)[C@H](CCCN=C(N)N)NC(=O)[C@@H](N)Cc1ccccc1)[C@@H](C)O)C(=O)N[C@@H](CS)C(=O)O. The Balaban J connectivity index is 3.01. The first-order chi connectivity index (χ1) is 27.8. The zero-order chi connectivity index (χ0) is 44.8. The second-order valence-electron chi connectivity index (χ2n) is 13.1. The number of nitrogens with one attached hydrogen (secondary N) is 7. The Bertz CT molecular complexity index is 1620. The van der Waals surface area contributed by atoms with Gasteiger partial charge >= 0.3 is 5.97 Å². The quantitative estimate of drug-likeness (QED) is 0.0178. The van der Waals surface area contributed by atoms with E-state index in [9.17, 15) is 53.7 Å². The number of carbonyl (C=O) groups excluding carboxylic acids is 7. The van der Waals surface area contributed by atoms with Gasteiger partial charge in [0.05, 0.1) is 25.4 Å². The highest BCUT2D eigenvalue weighted by Gasteiger charge is 2.34. The molecule has 0 bridgehead atoms. The van der Waals surface area contributed by atoms with Crippen molar-refractivity contribution in [1.82, 2.24) is 37.2 Å². The molecule has 25 heteroatoms. The second kappa shape index (κ2) is 26.7. The maximum atomic E-state index is 13.5. The zero-order valence-electron chi connectivity index (χ0n) is 32.4. The van der Waals surface area contributed by atoms with Gasteiger partial charge in [-0.2, -0.15) is 25.3 Å². The Morgan fingerprint density at radius 1 is 0.661 bits per heavy atom. The van der Waals surface area contributed by atoms with Crippen LogP contribution in [0.2, 0.25) is 0 Å². The minimum absolute atomic E-state index is 0.0355. The molecule has 9 atom stereocenters. The van der Waals surface area contributed by atoms with Gasteiger partial charge in [-0.15, -0.1) is 0 Å². The molecule has 0 radical (unpaired) electrons. The lowest BCUT2D eigenvalue weighted by Gasteiger charge is -2.27. The lowest BCUT2D eigenvalue weighted by atomic mass is 10.0. The fourth-order valence-electron chi connectivity index (χ4n) is 4.92. The van der Waals surface area contributed by atoms with Crippen molar-refractivity contribution in [3.63, 3.8) is 0 Å². The molecule has 17 N–H and O–H groups in total. The fourth-order valence-corrected chi connectivity index (χ4v) is 5.43. The molecule has 0 fully saturated rings. The molecular formula is C34H55N11O12S2. The summed E-state index contributed by atoms with van der Waals surface area (Å²) in [5, 5.41) is 55.1. The Labute approximate surface area is 350 Å². The number of hydrogen-bond acceptors (Lipinski definition) is 15. The summed E-state index contributed by atoms with van der Waals surface area (Å²) < 4.78 is 0. The van der Waals surface area contributed by atoms with Crippen LogP contribution in [0, 0.1) is 0 Å². The molecule has 330 valence electrons. The van der Waals surface area contributed by atoms with E-state index in [1.165, 1.54) is 6.92 Å². The molecule has 0 spiro atoms. The third-order valence-electron chi connectivity index (χ3n) is 8.27. The number of benzene rings is 1. The standard InChI is InChI=1S/C34H55N11O12S2/c1-16(26(49)44-24(15-59)33(56)57)39-29(52)21(12-46)41-31(54)23(14-58)43-30(53)22(13-47)42-32(55)25(17(2)48)45-28(51)20(9-6-10-38-34(36)37)40-27(50)19(35)11-18-7-4-3-5-8-18/h3-5,7-8,16-17,19-25,46-48,58-59H,6,9-15,35H2,1-2H3,(H,39,52)(H,40,50)(H,41,54)(H,42,55)(H,43,53)(H,44,49)(H,45,51)(H,56,57)(H4,36,37,38)/t16-,17+,19-,20-,21-,22-,23-,24-,25-/m0/s1. The minimum atomic E-state index is -1.77. The summed E-state index contributed by atoms with van der Waals surface area (Å²) in [4.78, 5) is 106. The Kier molecular flexibility index (Phi) is 23.5. The molecule has 0 aliphatic carbocycles. The predicted octanol–water partition coefficient (Wildman–Crippen LogP) is -6.67. The number of rotatable bonds is 26. The largest absolute Gasteiger partial charge is 0.480 e. The number of carboxylic acids is 1. The van der Waals surface area contributed by atoms with Gasteiger partial charge < -0.3 is 74.8 Å². The van der Waals surface area contributed by atoms with Crippen LogP contribution < -0.4 is 54.4 Å². The van der Waals surface area contributed by atoms with Crippen molar-refractivity contribution in [2.45, 2.75) is 87.5 Å². The van der Waals surface area contributed by atoms with E-state index in [2.05, 4.69) is 67.5 Å². The molecule has 0 unspecified atom stereocenters. The number of nitrogens with two attached hydrogens (primary N) is 3. The van der Waals surface area contributed by atoms with Crippen LogP contribution in [-0.4, -0.2) is 159 Å². The first-order valence-electron chi connectivity index (χ1n) is 18.1. The van der Waals surface area contributed by atoms with Gasteiger partial charge in [0.2, 0.25) is 41.4 Å². The number of aliphatic hydroxyl groups excluding tert-OH is 3. The van der Waals surface area contributed by atoms with Crippen molar-refractivity contribution < 1.29 is 58.8 Å². The number of carbonyl (C=O) groups is 8. The number of hydrogen-bond donors (Lipinski definition) is 16. The predicted molar refractivity (Wildman–Crippen MR) is 218 cm³/mol. The first kappa shape index (κ1) is 51.8. The minimum Gasteiger partial charge on any atom is -0.480 e. The topological polar surface area (TPSA) is 392 Å². The molecule has 0 saturated heterocycles. The number of aliphatic imine (C=N–C) groups is 1. The van der Waals surface area contributed by atoms with Crippen molar-refractivity contribution in [3.8, 4) is 0 Å². The van der Waals surface area contributed by atoms with Crippen LogP contribution in [0.15, 0.2) is 35.3 Å². The average Bonchev–Trinajstić information content (AvgIpc) is 3.19. The molecule has 0 saturated carbocycles. The molecule has 0 aromatic heterocycles. The highest BCUT2D eigenvalue weighted by Crippen LogP contribution is 2.06. The molecule has 1 aromatic carbocycles. The van der Waals surface area contributed by atoms with E-state index in [4.69, 9.17) is 22.3 Å². The summed E-state index contributed by atoms with van der Waals surface area (Å²) in [6.07, 6.45) is -1.30. The van der Waals surface area contributed by atoms with Gasteiger partial charge in [-0.3, -0.25) is 38.6 Å². The highest BCUT2D eigenvalue weighted by atomic mass is 32.1. The number of aliphatic carboxylic acids is 1. The molecule has 59 heavy (non-hydrogen) atoms. The second-order valence-corrected chi connectivity index (χ2v) is 13.8. The van der Waals surface area contributed by atoms with E-state index < -0.39 is 121 Å². The molecule has 0 aliphatic rings. The molecular weight excluding hydrogens is 819 g/mol. The number of aliphatic hydroxyl groups is 3. The van der Waals surface area contributed by atoms with E-state index in [0.29, 0.717) is 0 Å². The molecule has 0 aliphatic heterocycles. The molecule has 7 amide bonds. The van der Waals surface area contributed by atoms with E-state index in [1.54, 1.807) is 30.3 Å². The number of nitrogens with zero attached hydrogens (tertiary/aromatic N) is 1. The van der Waals surface area contributed by atoms with Crippen molar-refractivity contribution in [2.75, 3.05) is 31.3 Å². The van der Waals surface area contributed by atoms with Gasteiger partial charge in [0.25, 0.3) is 0 Å². The van der Waals surface area contributed by atoms with Crippen molar-refractivity contribution >= 4 is 78.5 Å². The number of thiol groups is 2. The summed E-state index contributed by atoms with van der Waals surface area (Å²) in [6.45, 7) is 0.427. The molecule has 23 nitrogen and oxygen atoms in total. The first-order valence-corrected chi connectivity index (χ1v) is 19.4. The Morgan fingerprint density at radius 3 is 1.64 bits per heavy atom. The van der Waals surface area contributed by atoms with Crippen LogP contribution in [0.3, 0.4) is 0 Å². The van der Waals surface area contributed by atoms with Gasteiger partial charge in [-0.25, -0.2) is 4.79 Å². The van der Waals surface area contributed by atoms with Gasteiger partial charge in [0, 0.05) is 18.1 Å². The number of amides is 7. The Hall–Kier alpha value is -5.21. The maximum absolute atomic E-state index is 13.5. The third-order valence-corrected chi connectivity index (χ3v) is 9.00. The number of carboxylic acid groups (broad SMARTS) is 1. The average molecular weight is 874 g/mol. The summed E-state index contributed by atoms with van der Waals surface area (Å²) in [5.41, 5.74) is 17.6. The summed E-state index contributed by atoms with van der Waals surface area (Å²) in [5.74, 6) is -9.15. The van der Waals surface area contributed by atoms with Crippen LogP contribution in [-0.2, 0) is 44.8 Å². The van der Waals surface area contributed by atoms with E-state index >= 15 is 0 Å². The Morgan fingerprint density at radius 2 is 1.14 bits per heavy atom. The van der Waals surface area contributed by atoms with Crippen molar-refractivity contribution in [2.24, 2.45) is 22.2 Å². The van der Waals surface area contributed by atoms with Crippen LogP contribution in [0.5, 0.6) is 0 Å². The summed E-state index contributed by atoms with van der Waals surface area (Å²) >= 11 is 7.86. The van der Waals surface area contributed by atoms with E-state index in [-0.39, 0.29) is 37.5 Å². The fraction of sp³-hybridized carbons (Fsp3) is 0.559.